The van der Waals surface area contributed by atoms with Crippen LogP contribution >= 0.6 is 0 Å². The van der Waals surface area contributed by atoms with Crippen LogP contribution in [0.1, 0.15) is 5.56 Å². The van der Waals surface area contributed by atoms with Gasteiger partial charge in [0.25, 0.3) is 10.0 Å². The lowest BCUT2D eigenvalue weighted by molar-refractivity contribution is 0.373. The first kappa shape index (κ1) is 19.4. The van der Waals surface area contributed by atoms with Gasteiger partial charge in [0.2, 0.25) is 0 Å². The third-order valence-corrected chi connectivity index (χ3v) is 5.21. The highest BCUT2D eigenvalue weighted by Gasteiger charge is 2.14. The summed E-state index contributed by atoms with van der Waals surface area (Å²) in [4.78, 5) is 4.31. The van der Waals surface area contributed by atoms with E-state index in [9.17, 15) is 17.9 Å². The van der Waals surface area contributed by atoms with Gasteiger partial charge in [-0.1, -0.05) is 0 Å². The number of rotatable bonds is 6. The number of nitrogens with one attached hydrogen (secondary N) is 1. The average molecular weight is 400 g/mol. The van der Waals surface area contributed by atoms with Gasteiger partial charge in [-0.3, -0.25) is 9.71 Å². The van der Waals surface area contributed by atoms with Gasteiger partial charge in [0.1, 0.15) is 5.82 Å². The molecule has 0 aromatic heterocycles. The Morgan fingerprint density at radius 1 is 1.04 bits per heavy atom. The minimum absolute atomic E-state index is 0.000223. The Bertz CT molecular complexity index is 1100. The molecule has 0 atom stereocenters. The summed E-state index contributed by atoms with van der Waals surface area (Å²) in [6.45, 7) is 0. The maximum Gasteiger partial charge on any atom is 0.261 e. The lowest BCUT2D eigenvalue weighted by Gasteiger charge is -2.08. The quantitative estimate of drug-likeness (QED) is 0.610. The molecular formula is C20H17FN2O4S. The minimum Gasteiger partial charge on any atom is -0.504 e. The van der Waals surface area contributed by atoms with E-state index in [4.69, 9.17) is 4.74 Å². The van der Waals surface area contributed by atoms with Gasteiger partial charge in [-0.25, -0.2) is 12.8 Å². The molecule has 3 aromatic carbocycles. The average Bonchev–Trinajstić information content (AvgIpc) is 2.68. The van der Waals surface area contributed by atoms with Crippen LogP contribution in [0.4, 0.5) is 15.8 Å². The highest BCUT2D eigenvalue weighted by molar-refractivity contribution is 7.92. The van der Waals surface area contributed by atoms with Crippen LogP contribution in [-0.2, 0) is 10.0 Å². The molecule has 0 spiro atoms. The molecular weight excluding hydrogens is 383 g/mol. The predicted molar refractivity (Wildman–Crippen MR) is 106 cm³/mol. The maximum atomic E-state index is 12.9. The van der Waals surface area contributed by atoms with Crippen molar-refractivity contribution in [2.45, 2.75) is 4.90 Å². The van der Waals surface area contributed by atoms with Gasteiger partial charge >= 0.3 is 0 Å². The fourth-order valence-corrected chi connectivity index (χ4v) is 3.44. The van der Waals surface area contributed by atoms with Crippen LogP contribution in [0, 0.1) is 5.82 Å². The monoisotopic (exact) mass is 400 g/mol. The van der Waals surface area contributed by atoms with E-state index >= 15 is 0 Å². The van der Waals surface area contributed by atoms with Crippen molar-refractivity contribution in [3.8, 4) is 11.5 Å². The normalized spacial score (nSPS) is 11.5. The Hall–Kier alpha value is -3.39. The minimum atomic E-state index is -3.79. The molecule has 0 aliphatic carbocycles. The van der Waals surface area contributed by atoms with Gasteiger partial charge in [0, 0.05) is 11.9 Å². The van der Waals surface area contributed by atoms with Crippen molar-refractivity contribution in [2.75, 3.05) is 11.8 Å². The van der Waals surface area contributed by atoms with Gasteiger partial charge in [0.15, 0.2) is 11.5 Å². The number of anilines is 1. The van der Waals surface area contributed by atoms with Crippen LogP contribution in [0.2, 0.25) is 0 Å². The van der Waals surface area contributed by atoms with Crippen molar-refractivity contribution >= 4 is 27.6 Å². The highest BCUT2D eigenvalue weighted by Crippen LogP contribution is 2.26. The molecule has 2 N–H and O–H groups in total. The topological polar surface area (TPSA) is 88.0 Å². The van der Waals surface area contributed by atoms with Crippen molar-refractivity contribution in [1.29, 1.82) is 0 Å². The molecule has 28 heavy (non-hydrogen) atoms. The summed E-state index contributed by atoms with van der Waals surface area (Å²) in [7, 11) is -2.33. The number of halogens is 1. The van der Waals surface area contributed by atoms with Gasteiger partial charge in [-0.2, -0.15) is 0 Å². The fourth-order valence-electron chi connectivity index (χ4n) is 2.38. The number of hydrogen-bond donors (Lipinski definition) is 2. The van der Waals surface area contributed by atoms with Crippen molar-refractivity contribution in [3.05, 3.63) is 78.1 Å². The number of aromatic hydroxyl groups is 1. The third-order valence-electron chi connectivity index (χ3n) is 3.81. The summed E-state index contributed by atoms with van der Waals surface area (Å²) in [5, 5.41) is 9.77. The third kappa shape index (κ3) is 4.66. The molecule has 0 saturated heterocycles. The summed E-state index contributed by atoms with van der Waals surface area (Å²) in [5.41, 5.74) is 1.46. The molecule has 0 radical (unpaired) electrons. The number of phenols is 1. The number of sulfonamides is 1. The molecule has 0 heterocycles. The molecule has 0 aliphatic heterocycles. The number of benzene rings is 3. The molecule has 144 valence electrons. The molecule has 3 aromatic rings. The zero-order valence-corrected chi connectivity index (χ0v) is 15.7. The summed E-state index contributed by atoms with van der Waals surface area (Å²) >= 11 is 0. The second-order valence-corrected chi connectivity index (χ2v) is 7.48. The Morgan fingerprint density at radius 3 is 2.32 bits per heavy atom. The summed E-state index contributed by atoms with van der Waals surface area (Å²) in [6.07, 6.45) is 1.54. The van der Waals surface area contributed by atoms with E-state index in [1.54, 1.807) is 30.5 Å². The lowest BCUT2D eigenvalue weighted by atomic mass is 10.2. The van der Waals surface area contributed by atoms with E-state index < -0.39 is 15.8 Å². The lowest BCUT2D eigenvalue weighted by Crippen LogP contribution is -2.12. The summed E-state index contributed by atoms with van der Waals surface area (Å²) in [6, 6.07) is 15.8. The van der Waals surface area contributed by atoms with Gasteiger partial charge in [-0.05, 0) is 72.3 Å². The Kier molecular flexibility index (Phi) is 5.60. The van der Waals surface area contributed by atoms with Crippen LogP contribution in [0.3, 0.4) is 0 Å². The van der Waals surface area contributed by atoms with E-state index in [0.717, 1.165) is 0 Å². The van der Waals surface area contributed by atoms with E-state index in [1.165, 1.54) is 49.6 Å². The van der Waals surface area contributed by atoms with Gasteiger partial charge in [-0.15, -0.1) is 0 Å². The van der Waals surface area contributed by atoms with E-state index in [1.807, 2.05) is 0 Å². The van der Waals surface area contributed by atoms with E-state index in [0.29, 0.717) is 17.0 Å². The van der Waals surface area contributed by atoms with Crippen molar-refractivity contribution in [3.63, 3.8) is 0 Å². The summed E-state index contributed by atoms with van der Waals surface area (Å²) < 4.78 is 45.1. The van der Waals surface area contributed by atoms with Crippen molar-refractivity contribution < 1.29 is 22.7 Å². The zero-order valence-electron chi connectivity index (χ0n) is 14.8. The smallest absolute Gasteiger partial charge is 0.261 e. The molecule has 6 nitrogen and oxygen atoms in total. The molecule has 0 aliphatic rings. The van der Waals surface area contributed by atoms with Gasteiger partial charge in [0.05, 0.1) is 17.7 Å². The van der Waals surface area contributed by atoms with E-state index in [2.05, 4.69) is 9.71 Å². The predicted octanol–water partition coefficient (Wildman–Crippen LogP) is 4.09. The first-order valence-electron chi connectivity index (χ1n) is 8.17. The molecule has 0 saturated carbocycles. The summed E-state index contributed by atoms with van der Waals surface area (Å²) in [5.74, 6) is -0.0875. The number of aliphatic imine (C=N–C) groups is 1. The fraction of sp³-hybridized carbons (Fsp3) is 0.0500. The Morgan fingerprint density at radius 2 is 1.71 bits per heavy atom. The number of methoxy groups -OCH3 is 1. The second kappa shape index (κ2) is 8.10. The second-order valence-electron chi connectivity index (χ2n) is 5.80. The molecule has 0 unspecified atom stereocenters. The van der Waals surface area contributed by atoms with Crippen LogP contribution in [0.25, 0.3) is 0 Å². The maximum absolute atomic E-state index is 12.9. The zero-order chi connectivity index (χ0) is 20.1. The number of phenolic OH excluding ortho intramolecular Hbond substituents is 1. The molecule has 0 amide bonds. The SMILES string of the molecule is COc1ccc(C=Nc2ccc(S(=O)(=O)Nc3ccc(F)cc3)cc2)cc1O. The Labute approximate surface area is 162 Å². The number of ether oxygens (including phenoxy) is 1. The first-order valence-corrected chi connectivity index (χ1v) is 9.65. The van der Waals surface area contributed by atoms with Crippen molar-refractivity contribution in [2.24, 2.45) is 4.99 Å². The highest BCUT2D eigenvalue weighted by atomic mass is 32.2. The van der Waals surface area contributed by atoms with Gasteiger partial charge < -0.3 is 9.84 Å². The van der Waals surface area contributed by atoms with Crippen molar-refractivity contribution in [1.82, 2.24) is 0 Å². The van der Waals surface area contributed by atoms with Crippen LogP contribution in [0.15, 0.2) is 76.6 Å². The number of hydrogen-bond acceptors (Lipinski definition) is 5. The van der Waals surface area contributed by atoms with E-state index in [-0.39, 0.29) is 16.3 Å². The molecule has 0 bridgehead atoms. The Balaban J connectivity index is 1.73. The van der Waals surface area contributed by atoms with Crippen LogP contribution in [0.5, 0.6) is 11.5 Å². The molecule has 3 rings (SSSR count). The van der Waals surface area contributed by atoms with Crippen LogP contribution < -0.4 is 9.46 Å². The standard InChI is InChI=1S/C20H17FN2O4S/c1-27-20-11-2-14(12-19(20)24)13-22-16-7-9-18(10-8-16)28(25,26)23-17-5-3-15(21)4-6-17/h2-13,23-24H,1H3. The largest absolute Gasteiger partial charge is 0.504 e. The number of nitrogens with zero attached hydrogens (tertiary/aromatic N) is 1. The first-order chi connectivity index (χ1) is 13.4. The molecule has 0 fully saturated rings. The molecule has 8 heteroatoms. The van der Waals surface area contributed by atoms with Crippen LogP contribution in [-0.4, -0.2) is 26.8 Å².